The third kappa shape index (κ3) is 4.21. The molecule has 0 spiro atoms. The van der Waals surface area contributed by atoms with Crippen molar-refractivity contribution in [1.82, 2.24) is 4.90 Å². The van der Waals surface area contributed by atoms with Crippen LogP contribution in [0.25, 0.3) is 0 Å². The van der Waals surface area contributed by atoms with Gasteiger partial charge >= 0.3 is 0 Å². The first kappa shape index (κ1) is 15.4. The van der Waals surface area contributed by atoms with Crippen LogP contribution in [0.3, 0.4) is 0 Å². The zero-order chi connectivity index (χ0) is 14.4. The van der Waals surface area contributed by atoms with E-state index >= 15 is 0 Å². The molecule has 19 heavy (non-hydrogen) atoms. The molecule has 0 saturated carbocycles. The minimum Gasteiger partial charge on any atom is -0.388 e. The fourth-order valence-corrected chi connectivity index (χ4v) is 2.13. The van der Waals surface area contributed by atoms with E-state index in [0.717, 1.165) is 24.1 Å². The number of nitrogens with zero attached hydrogens (tertiary/aromatic N) is 2. The summed E-state index contributed by atoms with van der Waals surface area (Å²) in [5.74, 6) is 0. The molecule has 1 N–H and O–H groups in total. The van der Waals surface area contributed by atoms with Gasteiger partial charge in [-0.2, -0.15) is 0 Å². The van der Waals surface area contributed by atoms with Crippen LogP contribution in [0.1, 0.15) is 32.3 Å². The molecule has 1 atom stereocenters. The normalized spacial score (nSPS) is 12.5. The second-order valence-corrected chi connectivity index (χ2v) is 4.90. The lowest BCUT2D eigenvalue weighted by molar-refractivity contribution is -0.384. The molecule has 0 aliphatic rings. The smallest absolute Gasteiger partial charge is 0.269 e. The zero-order valence-electron chi connectivity index (χ0n) is 12.1. The first-order valence-electron chi connectivity index (χ1n) is 6.64. The van der Waals surface area contributed by atoms with E-state index in [-0.39, 0.29) is 10.6 Å². The Morgan fingerprint density at radius 3 is 2.68 bits per heavy atom. The largest absolute Gasteiger partial charge is 0.388 e. The minimum atomic E-state index is -0.349. The lowest BCUT2D eigenvalue weighted by Gasteiger charge is -2.25. The van der Waals surface area contributed by atoms with Gasteiger partial charge in [-0.05, 0) is 32.0 Å². The summed E-state index contributed by atoms with van der Waals surface area (Å²) < 4.78 is 0. The Balaban J connectivity index is 2.91. The molecule has 0 fully saturated rings. The van der Waals surface area contributed by atoms with E-state index in [2.05, 4.69) is 31.1 Å². The number of hydrogen-bond donors (Lipinski definition) is 1. The van der Waals surface area contributed by atoms with Gasteiger partial charge in [0.25, 0.3) is 5.69 Å². The average molecular weight is 265 g/mol. The quantitative estimate of drug-likeness (QED) is 0.607. The number of non-ortho nitro benzene ring substituents is 1. The lowest BCUT2D eigenvalue weighted by Crippen LogP contribution is -2.28. The molecular formula is C14H23N3O2. The zero-order valence-corrected chi connectivity index (χ0v) is 12.1. The maximum atomic E-state index is 10.8. The fourth-order valence-electron chi connectivity index (χ4n) is 2.13. The molecule has 1 unspecified atom stereocenters. The van der Waals surface area contributed by atoms with Crippen LogP contribution in [0.2, 0.25) is 0 Å². The molecule has 0 bridgehead atoms. The standard InChI is InChI=1S/C14H23N3O2/c1-5-6-11(2)16(4)10-12-9-13(17(18)19)7-8-14(12)15-3/h7-9,11,15H,5-6,10H2,1-4H3. The van der Waals surface area contributed by atoms with Gasteiger partial charge in [0.05, 0.1) is 4.92 Å². The van der Waals surface area contributed by atoms with E-state index in [1.54, 1.807) is 12.1 Å². The Kier molecular flexibility index (Phi) is 5.76. The Labute approximate surface area is 114 Å². The number of rotatable bonds is 7. The molecule has 1 rings (SSSR count). The third-order valence-electron chi connectivity index (χ3n) is 3.45. The van der Waals surface area contributed by atoms with Gasteiger partial charge in [0.15, 0.2) is 0 Å². The molecule has 5 heteroatoms. The van der Waals surface area contributed by atoms with Crippen molar-refractivity contribution in [3.8, 4) is 0 Å². The number of anilines is 1. The molecule has 0 aliphatic heterocycles. The molecule has 5 nitrogen and oxygen atoms in total. The number of nitrogens with one attached hydrogen (secondary N) is 1. The van der Waals surface area contributed by atoms with Crippen LogP contribution in [0.4, 0.5) is 11.4 Å². The highest BCUT2D eigenvalue weighted by Gasteiger charge is 2.14. The first-order chi connectivity index (χ1) is 8.99. The Hall–Kier alpha value is -1.62. The first-order valence-corrected chi connectivity index (χ1v) is 6.64. The van der Waals surface area contributed by atoms with E-state index < -0.39 is 0 Å². The van der Waals surface area contributed by atoms with Crippen LogP contribution < -0.4 is 5.32 Å². The predicted molar refractivity (Wildman–Crippen MR) is 78.5 cm³/mol. The van der Waals surface area contributed by atoms with Crippen LogP contribution in [0.5, 0.6) is 0 Å². The van der Waals surface area contributed by atoms with E-state index in [0.29, 0.717) is 12.6 Å². The molecule has 0 amide bonds. The highest BCUT2D eigenvalue weighted by molar-refractivity contribution is 5.55. The van der Waals surface area contributed by atoms with Crippen LogP contribution in [-0.2, 0) is 6.54 Å². The Morgan fingerprint density at radius 2 is 2.16 bits per heavy atom. The predicted octanol–water partition coefficient (Wildman–Crippen LogP) is 3.26. The molecule has 1 aromatic rings. The monoisotopic (exact) mass is 265 g/mol. The molecule has 0 radical (unpaired) electrons. The van der Waals surface area contributed by atoms with Gasteiger partial charge in [0, 0.05) is 37.5 Å². The van der Waals surface area contributed by atoms with E-state index in [4.69, 9.17) is 0 Å². The molecule has 0 saturated heterocycles. The Bertz CT molecular complexity index is 435. The van der Waals surface area contributed by atoms with Crippen LogP contribution >= 0.6 is 0 Å². The topological polar surface area (TPSA) is 58.4 Å². The second-order valence-electron chi connectivity index (χ2n) is 4.90. The third-order valence-corrected chi connectivity index (χ3v) is 3.45. The van der Waals surface area contributed by atoms with Crippen LogP contribution in [-0.4, -0.2) is 30.0 Å². The van der Waals surface area contributed by atoms with Crippen molar-refractivity contribution in [1.29, 1.82) is 0 Å². The molecular weight excluding hydrogens is 242 g/mol. The van der Waals surface area contributed by atoms with E-state index in [9.17, 15) is 10.1 Å². The number of benzene rings is 1. The van der Waals surface area contributed by atoms with Gasteiger partial charge in [-0.3, -0.25) is 15.0 Å². The van der Waals surface area contributed by atoms with Crippen molar-refractivity contribution in [3.05, 3.63) is 33.9 Å². The van der Waals surface area contributed by atoms with Gasteiger partial charge in [-0.25, -0.2) is 0 Å². The van der Waals surface area contributed by atoms with Crippen molar-refractivity contribution in [2.75, 3.05) is 19.4 Å². The van der Waals surface area contributed by atoms with Crippen molar-refractivity contribution in [2.45, 2.75) is 39.3 Å². The summed E-state index contributed by atoms with van der Waals surface area (Å²) in [5.41, 5.74) is 2.05. The Morgan fingerprint density at radius 1 is 1.47 bits per heavy atom. The van der Waals surface area contributed by atoms with Crippen molar-refractivity contribution in [2.24, 2.45) is 0 Å². The average Bonchev–Trinajstić information content (AvgIpc) is 2.38. The van der Waals surface area contributed by atoms with Gasteiger partial charge in [0.2, 0.25) is 0 Å². The molecule has 0 heterocycles. The van der Waals surface area contributed by atoms with Gasteiger partial charge < -0.3 is 5.32 Å². The summed E-state index contributed by atoms with van der Waals surface area (Å²) in [6.45, 7) is 5.05. The molecule has 0 aliphatic carbocycles. The summed E-state index contributed by atoms with van der Waals surface area (Å²) in [6.07, 6.45) is 2.26. The number of nitro groups is 1. The van der Waals surface area contributed by atoms with Crippen molar-refractivity contribution in [3.63, 3.8) is 0 Å². The summed E-state index contributed by atoms with van der Waals surface area (Å²) in [6, 6.07) is 5.42. The highest BCUT2D eigenvalue weighted by atomic mass is 16.6. The summed E-state index contributed by atoms with van der Waals surface area (Å²) >= 11 is 0. The van der Waals surface area contributed by atoms with Crippen LogP contribution in [0.15, 0.2) is 18.2 Å². The molecule has 1 aromatic carbocycles. The SMILES string of the molecule is CCCC(C)N(C)Cc1cc([N+](=O)[O-])ccc1NC. The highest BCUT2D eigenvalue weighted by Crippen LogP contribution is 2.23. The van der Waals surface area contributed by atoms with Crippen molar-refractivity contribution >= 4 is 11.4 Å². The number of hydrogen-bond acceptors (Lipinski definition) is 4. The lowest BCUT2D eigenvalue weighted by atomic mass is 10.1. The van der Waals surface area contributed by atoms with Gasteiger partial charge in [0.1, 0.15) is 0 Å². The summed E-state index contributed by atoms with van der Waals surface area (Å²) in [4.78, 5) is 12.7. The number of nitro benzene ring substituents is 1. The fraction of sp³-hybridized carbons (Fsp3) is 0.571. The van der Waals surface area contributed by atoms with Crippen molar-refractivity contribution < 1.29 is 4.92 Å². The van der Waals surface area contributed by atoms with E-state index in [1.165, 1.54) is 6.07 Å². The van der Waals surface area contributed by atoms with Gasteiger partial charge in [-0.1, -0.05) is 13.3 Å². The molecule has 106 valence electrons. The van der Waals surface area contributed by atoms with Crippen LogP contribution in [0, 0.1) is 10.1 Å². The molecule has 0 aromatic heterocycles. The van der Waals surface area contributed by atoms with E-state index in [1.807, 2.05) is 7.05 Å². The summed E-state index contributed by atoms with van der Waals surface area (Å²) in [7, 11) is 3.89. The maximum absolute atomic E-state index is 10.8. The minimum absolute atomic E-state index is 0.144. The summed E-state index contributed by atoms with van der Waals surface area (Å²) in [5, 5.41) is 13.9. The second kappa shape index (κ2) is 7.09. The van der Waals surface area contributed by atoms with Gasteiger partial charge in [-0.15, -0.1) is 0 Å². The maximum Gasteiger partial charge on any atom is 0.269 e.